The van der Waals surface area contributed by atoms with Gasteiger partial charge in [-0.3, -0.25) is 9.59 Å². The molecule has 0 saturated heterocycles. The van der Waals surface area contributed by atoms with E-state index in [2.05, 4.69) is 5.32 Å². The van der Waals surface area contributed by atoms with Gasteiger partial charge in [0.15, 0.2) is 17.3 Å². The number of amides is 1. The first-order valence-corrected chi connectivity index (χ1v) is 8.54. The zero-order chi connectivity index (χ0) is 20.8. The van der Waals surface area contributed by atoms with Crippen molar-refractivity contribution in [2.45, 2.75) is 6.61 Å². The molecule has 0 aliphatic rings. The summed E-state index contributed by atoms with van der Waals surface area (Å²) in [5.74, 6) is -0.464. The maximum atomic E-state index is 13.6. The first-order chi connectivity index (χ1) is 14.0. The molecule has 1 aromatic heterocycles. The summed E-state index contributed by atoms with van der Waals surface area (Å²) in [5.41, 5.74) is 0.155. The van der Waals surface area contributed by atoms with Crippen LogP contribution in [0, 0.1) is 5.82 Å². The molecule has 1 N–H and O–H groups in total. The Bertz CT molecular complexity index is 1080. The third-order valence-electron chi connectivity index (χ3n) is 4.00. The predicted molar refractivity (Wildman–Crippen MR) is 103 cm³/mol. The van der Waals surface area contributed by atoms with E-state index in [1.54, 1.807) is 36.4 Å². The lowest BCUT2D eigenvalue weighted by Crippen LogP contribution is -2.16. The van der Waals surface area contributed by atoms with Crippen molar-refractivity contribution in [3.8, 4) is 17.2 Å². The van der Waals surface area contributed by atoms with Gasteiger partial charge >= 0.3 is 0 Å². The number of methoxy groups -OCH3 is 2. The minimum Gasteiger partial charge on any atom is -0.493 e. The Morgan fingerprint density at radius 3 is 2.48 bits per heavy atom. The summed E-state index contributed by atoms with van der Waals surface area (Å²) in [6.07, 6.45) is 1.02. The number of rotatable bonds is 7. The molecule has 0 saturated carbocycles. The Balaban J connectivity index is 1.70. The van der Waals surface area contributed by atoms with Crippen molar-refractivity contribution in [2.75, 3.05) is 19.5 Å². The Morgan fingerprint density at radius 1 is 1.03 bits per heavy atom. The molecule has 7 nitrogen and oxygen atoms in total. The summed E-state index contributed by atoms with van der Waals surface area (Å²) in [5, 5.41) is 2.60. The highest BCUT2D eigenvalue weighted by molar-refractivity contribution is 6.02. The van der Waals surface area contributed by atoms with Crippen molar-refractivity contribution in [1.29, 1.82) is 0 Å². The predicted octanol–water partition coefficient (Wildman–Crippen LogP) is 3.63. The quantitative estimate of drug-likeness (QED) is 0.653. The number of hydrogen-bond donors (Lipinski definition) is 1. The SMILES string of the molecule is COc1ccc(NC(=O)c2cc(=O)c(OCc3ccccc3F)co2)cc1OC. The maximum absolute atomic E-state index is 13.6. The topological polar surface area (TPSA) is 87.0 Å². The summed E-state index contributed by atoms with van der Waals surface area (Å²) in [6.45, 7) is -0.144. The van der Waals surface area contributed by atoms with Crippen molar-refractivity contribution in [3.05, 3.63) is 82.2 Å². The highest BCUT2D eigenvalue weighted by Crippen LogP contribution is 2.29. The second kappa shape index (κ2) is 8.92. The fourth-order valence-corrected chi connectivity index (χ4v) is 2.50. The monoisotopic (exact) mass is 399 g/mol. The molecular weight excluding hydrogens is 381 g/mol. The van der Waals surface area contributed by atoms with Gasteiger partial charge in [0.1, 0.15) is 18.7 Å². The summed E-state index contributed by atoms with van der Waals surface area (Å²) in [7, 11) is 2.98. The van der Waals surface area contributed by atoms with Crippen molar-refractivity contribution in [3.63, 3.8) is 0 Å². The minimum absolute atomic E-state index is 0.129. The van der Waals surface area contributed by atoms with Crippen molar-refractivity contribution >= 4 is 11.6 Å². The highest BCUT2D eigenvalue weighted by Gasteiger charge is 2.14. The molecule has 29 heavy (non-hydrogen) atoms. The van der Waals surface area contributed by atoms with E-state index in [9.17, 15) is 14.0 Å². The molecule has 3 aromatic rings. The second-order valence-corrected chi connectivity index (χ2v) is 5.88. The molecule has 0 radical (unpaired) electrons. The van der Waals surface area contributed by atoms with Crippen LogP contribution in [0.1, 0.15) is 16.1 Å². The first kappa shape index (κ1) is 19.9. The smallest absolute Gasteiger partial charge is 0.291 e. The molecule has 0 atom stereocenters. The fourth-order valence-electron chi connectivity index (χ4n) is 2.50. The lowest BCUT2D eigenvalue weighted by molar-refractivity contribution is 0.0993. The standard InChI is InChI=1S/C21H18FNO6/c1-26-17-8-7-14(9-18(17)27-2)23-21(25)19-10-16(24)20(12-29-19)28-11-13-5-3-4-6-15(13)22/h3-10,12H,11H2,1-2H3,(H,23,25). The largest absolute Gasteiger partial charge is 0.493 e. The van der Waals surface area contributed by atoms with Gasteiger partial charge in [-0.25, -0.2) is 4.39 Å². The van der Waals surface area contributed by atoms with Gasteiger partial charge in [0, 0.05) is 23.4 Å². The van der Waals surface area contributed by atoms with Crippen LogP contribution in [-0.2, 0) is 6.61 Å². The van der Waals surface area contributed by atoms with Crippen LogP contribution in [0.15, 0.2) is 64.0 Å². The average Bonchev–Trinajstić information content (AvgIpc) is 2.73. The molecule has 0 unspecified atom stereocenters. The molecule has 8 heteroatoms. The Hall–Kier alpha value is -3.81. The van der Waals surface area contributed by atoms with Gasteiger partial charge in [-0.15, -0.1) is 0 Å². The molecule has 2 aromatic carbocycles. The van der Waals surface area contributed by atoms with E-state index in [1.807, 2.05) is 0 Å². The molecule has 3 rings (SSSR count). The van der Waals surface area contributed by atoms with Gasteiger partial charge in [-0.2, -0.15) is 0 Å². The summed E-state index contributed by atoms with van der Waals surface area (Å²) in [6, 6.07) is 11.9. The Kier molecular flexibility index (Phi) is 6.13. The summed E-state index contributed by atoms with van der Waals surface area (Å²) >= 11 is 0. The third-order valence-corrected chi connectivity index (χ3v) is 4.00. The number of nitrogens with one attached hydrogen (secondary N) is 1. The van der Waals surface area contributed by atoms with E-state index in [1.165, 1.54) is 20.3 Å². The lowest BCUT2D eigenvalue weighted by atomic mass is 10.2. The van der Waals surface area contributed by atoms with Gasteiger partial charge < -0.3 is 23.9 Å². The molecule has 0 bridgehead atoms. The van der Waals surface area contributed by atoms with Gasteiger partial charge in [-0.1, -0.05) is 18.2 Å². The molecule has 1 amide bonds. The molecule has 150 valence electrons. The third kappa shape index (κ3) is 4.73. The summed E-state index contributed by atoms with van der Waals surface area (Å²) in [4.78, 5) is 24.5. The van der Waals surface area contributed by atoms with Crippen molar-refractivity contribution < 1.29 is 27.8 Å². The van der Waals surface area contributed by atoms with E-state index >= 15 is 0 Å². The van der Waals surface area contributed by atoms with Crippen LogP contribution in [0.4, 0.5) is 10.1 Å². The maximum Gasteiger partial charge on any atom is 0.291 e. The number of benzene rings is 2. The minimum atomic E-state index is -0.630. The highest BCUT2D eigenvalue weighted by atomic mass is 19.1. The number of anilines is 1. The average molecular weight is 399 g/mol. The van der Waals surface area contributed by atoms with Crippen LogP contribution >= 0.6 is 0 Å². The molecule has 0 aliphatic heterocycles. The number of hydrogen-bond acceptors (Lipinski definition) is 6. The number of halogens is 1. The Morgan fingerprint density at radius 2 is 1.79 bits per heavy atom. The lowest BCUT2D eigenvalue weighted by Gasteiger charge is -2.10. The zero-order valence-corrected chi connectivity index (χ0v) is 15.7. The van der Waals surface area contributed by atoms with Crippen LogP contribution in [0.25, 0.3) is 0 Å². The van der Waals surface area contributed by atoms with Crippen molar-refractivity contribution in [2.24, 2.45) is 0 Å². The summed E-state index contributed by atoms with van der Waals surface area (Å²) < 4.78 is 34.4. The molecule has 0 aliphatic carbocycles. The molecule has 0 fully saturated rings. The number of ether oxygens (including phenoxy) is 3. The number of carbonyl (C=O) groups is 1. The molecular formula is C21H18FNO6. The van der Waals surface area contributed by atoms with Crippen LogP contribution in [0.5, 0.6) is 17.2 Å². The van der Waals surface area contributed by atoms with Gasteiger partial charge in [0.25, 0.3) is 5.91 Å². The van der Waals surface area contributed by atoms with Crippen molar-refractivity contribution in [1.82, 2.24) is 0 Å². The van der Waals surface area contributed by atoms with E-state index in [0.717, 1.165) is 12.3 Å². The molecule has 1 heterocycles. The van der Waals surface area contributed by atoms with E-state index in [4.69, 9.17) is 18.6 Å². The van der Waals surface area contributed by atoms with E-state index < -0.39 is 17.2 Å². The van der Waals surface area contributed by atoms with E-state index in [-0.39, 0.29) is 18.1 Å². The van der Waals surface area contributed by atoms with Crippen LogP contribution in [-0.4, -0.2) is 20.1 Å². The van der Waals surface area contributed by atoms with Gasteiger partial charge in [-0.05, 0) is 18.2 Å². The first-order valence-electron chi connectivity index (χ1n) is 8.54. The molecule has 0 spiro atoms. The van der Waals surface area contributed by atoms with Crippen LogP contribution in [0.2, 0.25) is 0 Å². The zero-order valence-electron chi connectivity index (χ0n) is 15.7. The van der Waals surface area contributed by atoms with Gasteiger partial charge in [0.2, 0.25) is 11.2 Å². The van der Waals surface area contributed by atoms with Crippen LogP contribution < -0.4 is 25.0 Å². The van der Waals surface area contributed by atoms with Crippen LogP contribution in [0.3, 0.4) is 0 Å². The number of carbonyl (C=O) groups excluding carboxylic acids is 1. The van der Waals surface area contributed by atoms with E-state index in [0.29, 0.717) is 22.7 Å². The van der Waals surface area contributed by atoms with Gasteiger partial charge in [0.05, 0.1) is 14.2 Å². The fraction of sp³-hybridized carbons (Fsp3) is 0.143. The normalized spacial score (nSPS) is 10.3. The Labute approximate surface area is 165 Å². The second-order valence-electron chi connectivity index (χ2n) is 5.88.